The van der Waals surface area contributed by atoms with Gasteiger partial charge in [-0.1, -0.05) is 15.9 Å². The van der Waals surface area contributed by atoms with Gasteiger partial charge in [-0.25, -0.2) is 4.98 Å². The third-order valence-corrected chi connectivity index (χ3v) is 2.31. The van der Waals surface area contributed by atoms with Crippen LogP contribution >= 0.6 is 15.9 Å². The summed E-state index contributed by atoms with van der Waals surface area (Å²) < 4.78 is 1.09. The molecule has 0 aliphatic heterocycles. The molecule has 2 nitrogen and oxygen atoms in total. The van der Waals surface area contributed by atoms with Crippen LogP contribution < -0.4 is 0 Å². The highest BCUT2D eigenvalue weighted by molar-refractivity contribution is 9.10. The molecule has 0 unspecified atom stereocenters. The van der Waals surface area contributed by atoms with E-state index in [2.05, 4.69) is 51.0 Å². The molecule has 0 atom stereocenters. The number of hydrogen-bond acceptors (Lipinski definition) is 1. The maximum Gasteiger partial charge on any atom is 0.0924 e. The third kappa shape index (κ3) is 1.80. The first-order chi connectivity index (χ1) is 6.25. The van der Waals surface area contributed by atoms with Crippen LogP contribution in [0.25, 0.3) is 11.3 Å². The zero-order chi connectivity index (χ0) is 9.26. The summed E-state index contributed by atoms with van der Waals surface area (Å²) in [4.78, 5) is 7.06. The Labute approximate surface area is 85.1 Å². The molecule has 2 aromatic rings. The summed E-state index contributed by atoms with van der Waals surface area (Å²) in [5.74, 6) is 0. The first-order valence-corrected chi connectivity index (χ1v) is 4.81. The molecule has 1 heterocycles. The number of benzene rings is 1. The van der Waals surface area contributed by atoms with Crippen LogP contribution in [0, 0.1) is 6.92 Å². The summed E-state index contributed by atoms with van der Waals surface area (Å²) in [6.45, 7) is 2.07. The van der Waals surface area contributed by atoms with E-state index in [-0.39, 0.29) is 0 Å². The van der Waals surface area contributed by atoms with Gasteiger partial charge < -0.3 is 4.98 Å². The van der Waals surface area contributed by atoms with Crippen LogP contribution in [-0.2, 0) is 0 Å². The van der Waals surface area contributed by atoms with E-state index >= 15 is 0 Å². The summed E-state index contributed by atoms with van der Waals surface area (Å²) >= 11 is 3.46. The fourth-order valence-electron chi connectivity index (χ4n) is 1.31. The molecule has 0 radical (unpaired) electrons. The number of halogens is 1. The number of nitrogens with one attached hydrogen (secondary N) is 1. The molecular weight excluding hydrogens is 228 g/mol. The van der Waals surface area contributed by atoms with Crippen LogP contribution in [0.2, 0.25) is 0 Å². The van der Waals surface area contributed by atoms with Crippen LogP contribution in [0.1, 0.15) is 5.56 Å². The van der Waals surface area contributed by atoms with E-state index in [1.165, 1.54) is 5.56 Å². The Morgan fingerprint density at radius 1 is 1.31 bits per heavy atom. The van der Waals surface area contributed by atoms with Crippen molar-refractivity contribution in [3.8, 4) is 11.3 Å². The predicted octanol–water partition coefficient (Wildman–Crippen LogP) is 3.15. The van der Waals surface area contributed by atoms with Crippen molar-refractivity contribution in [3.63, 3.8) is 0 Å². The Morgan fingerprint density at radius 2 is 2.15 bits per heavy atom. The van der Waals surface area contributed by atoms with Gasteiger partial charge in [-0.15, -0.1) is 0 Å². The highest BCUT2D eigenvalue weighted by Crippen LogP contribution is 2.22. The molecule has 1 aromatic heterocycles. The summed E-state index contributed by atoms with van der Waals surface area (Å²) in [6.07, 6.45) is 3.51. The van der Waals surface area contributed by atoms with Gasteiger partial charge in [0.2, 0.25) is 0 Å². The van der Waals surface area contributed by atoms with E-state index in [9.17, 15) is 0 Å². The minimum absolute atomic E-state index is 1.05. The molecule has 1 aromatic carbocycles. The fourth-order valence-corrected chi connectivity index (χ4v) is 1.91. The van der Waals surface area contributed by atoms with Gasteiger partial charge in [-0.05, 0) is 30.7 Å². The molecule has 0 fully saturated rings. The summed E-state index contributed by atoms with van der Waals surface area (Å²) in [7, 11) is 0. The molecule has 0 spiro atoms. The normalized spacial score (nSPS) is 10.3. The second-order valence-corrected chi connectivity index (χ2v) is 3.90. The molecule has 3 heteroatoms. The van der Waals surface area contributed by atoms with Crippen molar-refractivity contribution in [3.05, 3.63) is 40.8 Å². The van der Waals surface area contributed by atoms with Crippen molar-refractivity contribution < 1.29 is 0 Å². The van der Waals surface area contributed by atoms with Crippen molar-refractivity contribution in [2.45, 2.75) is 6.92 Å². The molecule has 0 aliphatic rings. The molecule has 1 N–H and O–H groups in total. The number of aromatic nitrogens is 2. The van der Waals surface area contributed by atoms with E-state index in [0.717, 1.165) is 15.7 Å². The molecule has 13 heavy (non-hydrogen) atoms. The smallest absolute Gasteiger partial charge is 0.0924 e. The lowest BCUT2D eigenvalue weighted by Gasteiger charge is -2.00. The number of aryl methyl sites for hydroxylation is 1. The van der Waals surface area contributed by atoms with Gasteiger partial charge in [0.1, 0.15) is 0 Å². The predicted molar refractivity (Wildman–Crippen MR) is 56.5 cm³/mol. The van der Waals surface area contributed by atoms with Crippen LogP contribution in [0.3, 0.4) is 0 Å². The summed E-state index contributed by atoms with van der Waals surface area (Å²) in [5, 5.41) is 0. The molecule has 0 saturated heterocycles. The van der Waals surface area contributed by atoms with Gasteiger partial charge in [0.25, 0.3) is 0 Å². The van der Waals surface area contributed by atoms with Gasteiger partial charge in [-0.3, -0.25) is 0 Å². The molecule has 0 bridgehead atoms. The minimum atomic E-state index is 1.05. The van der Waals surface area contributed by atoms with Crippen molar-refractivity contribution in [1.82, 2.24) is 9.97 Å². The zero-order valence-corrected chi connectivity index (χ0v) is 8.80. The van der Waals surface area contributed by atoms with E-state index in [1.54, 1.807) is 6.33 Å². The molecule has 0 aliphatic carbocycles. The van der Waals surface area contributed by atoms with Gasteiger partial charge >= 0.3 is 0 Å². The lowest BCUT2D eigenvalue weighted by Crippen LogP contribution is -1.79. The molecule has 2 rings (SSSR count). The average Bonchev–Trinajstić information content (AvgIpc) is 2.53. The van der Waals surface area contributed by atoms with Gasteiger partial charge in [0.05, 0.1) is 18.2 Å². The Bertz CT molecular complexity index is 387. The standard InChI is InChI=1S/C10H9BrN2/c1-7-2-8(4-9(11)3-7)10-5-12-6-13-10/h2-6H,1H3,(H,12,13). The zero-order valence-electron chi connectivity index (χ0n) is 7.21. The number of hydrogen-bond donors (Lipinski definition) is 1. The maximum absolute atomic E-state index is 3.99. The van der Waals surface area contributed by atoms with Crippen LogP contribution in [0.5, 0.6) is 0 Å². The first kappa shape index (κ1) is 8.51. The molecular formula is C10H9BrN2. The number of imidazole rings is 1. The number of H-pyrrole nitrogens is 1. The highest BCUT2D eigenvalue weighted by atomic mass is 79.9. The molecule has 0 saturated carbocycles. The van der Waals surface area contributed by atoms with Crippen molar-refractivity contribution >= 4 is 15.9 Å². The van der Waals surface area contributed by atoms with E-state index in [0.29, 0.717) is 0 Å². The Kier molecular flexibility index (Phi) is 2.19. The van der Waals surface area contributed by atoms with Gasteiger partial charge in [-0.2, -0.15) is 0 Å². The number of nitrogens with zero attached hydrogens (tertiary/aromatic N) is 1. The summed E-state index contributed by atoms with van der Waals surface area (Å²) in [5.41, 5.74) is 3.44. The number of rotatable bonds is 1. The second-order valence-electron chi connectivity index (χ2n) is 2.98. The van der Waals surface area contributed by atoms with Crippen molar-refractivity contribution in [2.75, 3.05) is 0 Å². The third-order valence-electron chi connectivity index (χ3n) is 1.85. The SMILES string of the molecule is Cc1cc(Br)cc(-c2cnc[nH]2)c1. The van der Waals surface area contributed by atoms with Crippen molar-refractivity contribution in [2.24, 2.45) is 0 Å². The first-order valence-electron chi connectivity index (χ1n) is 4.01. The Morgan fingerprint density at radius 3 is 2.77 bits per heavy atom. The van der Waals surface area contributed by atoms with Crippen molar-refractivity contribution in [1.29, 1.82) is 0 Å². The minimum Gasteiger partial charge on any atom is -0.345 e. The largest absolute Gasteiger partial charge is 0.345 e. The Hall–Kier alpha value is -1.09. The Balaban J connectivity index is 2.53. The topological polar surface area (TPSA) is 28.7 Å². The lowest BCUT2D eigenvalue weighted by molar-refractivity contribution is 1.31. The van der Waals surface area contributed by atoms with E-state index in [4.69, 9.17) is 0 Å². The molecule has 66 valence electrons. The highest BCUT2D eigenvalue weighted by Gasteiger charge is 2.00. The van der Waals surface area contributed by atoms with Crippen LogP contribution in [0.4, 0.5) is 0 Å². The van der Waals surface area contributed by atoms with E-state index in [1.807, 2.05) is 6.20 Å². The van der Waals surface area contributed by atoms with Crippen LogP contribution in [-0.4, -0.2) is 9.97 Å². The maximum atomic E-state index is 3.99. The van der Waals surface area contributed by atoms with Gasteiger partial charge in [0.15, 0.2) is 0 Å². The van der Waals surface area contributed by atoms with Crippen LogP contribution in [0.15, 0.2) is 35.2 Å². The monoisotopic (exact) mass is 236 g/mol. The fraction of sp³-hybridized carbons (Fsp3) is 0.100. The molecule has 0 amide bonds. The van der Waals surface area contributed by atoms with E-state index < -0.39 is 0 Å². The lowest BCUT2D eigenvalue weighted by atomic mass is 10.1. The number of aromatic amines is 1. The quantitative estimate of drug-likeness (QED) is 0.810. The second kappa shape index (κ2) is 3.34. The summed E-state index contributed by atoms with van der Waals surface area (Å²) in [6, 6.07) is 6.28. The van der Waals surface area contributed by atoms with Gasteiger partial charge in [0, 0.05) is 10.0 Å². The average molecular weight is 237 g/mol.